The van der Waals surface area contributed by atoms with E-state index in [1.807, 2.05) is 37.3 Å². The summed E-state index contributed by atoms with van der Waals surface area (Å²) in [6.45, 7) is 4.33. The van der Waals surface area contributed by atoms with E-state index in [4.69, 9.17) is 32.5 Å². The molecule has 7 nitrogen and oxygen atoms in total. The van der Waals surface area contributed by atoms with Crippen molar-refractivity contribution in [2.24, 2.45) is 0 Å². The second-order valence-corrected chi connectivity index (χ2v) is 8.06. The maximum Gasteiger partial charge on any atom is 0.279 e. The van der Waals surface area contributed by atoms with Gasteiger partial charge in [0, 0.05) is 6.20 Å². The van der Waals surface area contributed by atoms with Gasteiger partial charge in [-0.05, 0) is 31.5 Å². The Kier molecular flexibility index (Phi) is 6.48. The summed E-state index contributed by atoms with van der Waals surface area (Å²) in [7, 11) is 0. The van der Waals surface area contributed by atoms with Crippen LogP contribution in [0.25, 0.3) is 0 Å². The lowest BCUT2D eigenvalue weighted by molar-refractivity contribution is 0.101. The van der Waals surface area contributed by atoms with Crippen molar-refractivity contribution in [1.29, 1.82) is 0 Å². The molecule has 0 saturated heterocycles. The molecule has 0 aliphatic rings. The Balaban J connectivity index is 1.47. The van der Waals surface area contributed by atoms with E-state index in [9.17, 15) is 4.79 Å². The van der Waals surface area contributed by atoms with Crippen molar-refractivity contribution in [3.05, 3.63) is 92.9 Å². The van der Waals surface area contributed by atoms with Crippen molar-refractivity contribution < 1.29 is 14.1 Å². The first-order chi connectivity index (χ1) is 15.4. The zero-order valence-corrected chi connectivity index (χ0v) is 18.9. The number of nitrogens with zero attached hydrogens (tertiary/aromatic N) is 3. The molecule has 0 aliphatic heterocycles. The summed E-state index contributed by atoms with van der Waals surface area (Å²) in [6, 6.07) is 15.2. The minimum absolute atomic E-state index is 0.0669. The molecule has 0 aliphatic carbocycles. The van der Waals surface area contributed by atoms with Crippen molar-refractivity contribution in [2.75, 3.05) is 5.32 Å². The minimum Gasteiger partial charge on any atom is -0.487 e. The average Bonchev–Trinajstić information content (AvgIpc) is 3.31. The Morgan fingerprint density at radius 3 is 2.59 bits per heavy atom. The second kappa shape index (κ2) is 9.46. The first-order valence-corrected chi connectivity index (χ1v) is 10.6. The van der Waals surface area contributed by atoms with E-state index in [2.05, 4.69) is 15.6 Å². The van der Waals surface area contributed by atoms with E-state index in [1.54, 1.807) is 36.0 Å². The molecule has 0 bridgehead atoms. The van der Waals surface area contributed by atoms with Crippen LogP contribution in [0.3, 0.4) is 0 Å². The van der Waals surface area contributed by atoms with E-state index in [0.29, 0.717) is 33.7 Å². The lowest BCUT2D eigenvalue weighted by atomic mass is 10.1. The molecule has 0 spiro atoms. The average molecular weight is 471 g/mol. The molecular weight excluding hydrogens is 451 g/mol. The van der Waals surface area contributed by atoms with Crippen LogP contribution in [-0.2, 0) is 13.2 Å². The number of halogens is 2. The quantitative estimate of drug-likeness (QED) is 0.375. The molecule has 0 fully saturated rings. The molecule has 2 heterocycles. The third-order valence-electron chi connectivity index (χ3n) is 4.82. The van der Waals surface area contributed by atoms with E-state index in [1.165, 1.54) is 5.56 Å². The molecule has 0 atom stereocenters. The number of amides is 1. The number of aromatic nitrogens is 3. The number of hydrogen-bond acceptors (Lipinski definition) is 5. The fourth-order valence-corrected chi connectivity index (χ4v) is 3.45. The number of rotatable bonds is 7. The maximum atomic E-state index is 12.9. The number of para-hydroxylation sites is 1. The largest absolute Gasteiger partial charge is 0.487 e. The predicted octanol–water partition coefficient (Wildman–Crippen LogP) is 5.67. The van der Waals surface area contributed by atoms with E-state index < -0.39 is 5.91 Å². The van der Waals surface area contributed by atoms with Gasteiger partial charge >= 0.3 is 0 Å². The van der Waals surface area contributed by atoms with Crippen LogP contribution >= 0.6 is 23.2 Å². The van der Waals surface area contributed by atoms with Crippen molar-refractivity contribution >= 4 is 34.9 Å². The number of anilines is 1. The minimum atomic E-state index is -0.498. The number of nitrogens with one attached hydrogen (secondary N) is 1. The number of carbonyl (C=O) groups is 1. The lowest BCUT2D eigenvalue weighted by Gasteiger charge is -2.08. The van der Waals surface area contributed by atoms with Crippen molar-refractivity contribution in [2.45, 2.75) is 27.0 Å². The van der Waals surface area contributed by atoms with Crippen LogP contribution in [0.5, 0.6) is 5.75 Å². The van der Waals surface area contributed by atoms with Crippen LogP contribution in [0.4, 0.5) is 5.82 Å². The van der Waals surface area contributed by atoms with Crippen molar-refractivity contribution in [3.8, 4) is 5.75 Å². The van der Waals surface area contributed by atoms with Gasteiger partial charge in [-0.15, -0.1) is 0 Å². The summed E-state index contributed by atoms with van der Waals surface area (Å²) in [4.78, 5) is 12.9. The van der Waals surface area contributed by atoms with Crippen molar-refractivity contribution in [3.63, 3.8) is 0 Å². The second-order valence-electron chi connectivity index (χ2n) is 7.25. The first-order valence-electron chi connectivity index (χ1n) is 9.83. The fraction of sp³-hybridized carbons (Fsp3) is 0.174. The summed E-state index contributed by atoms with van der Waals surface area (Å²) in [6.07, 6.45) is 1.66. The highest BCUT2D eigenvalue weighted by Gasteiger charge is 2.22. The Labute approximate surface area is 194 Å². The molecule has 2 aromatic heterocycles. The molecule has 1 amide bonds. The lowest BCUT2D eigenvalue weighted by Crippen LogP contribution is -2.16. The maximum absolute atomic E-state index is 12.9. The monoisotopic (exact) mass is 470 g/mol. The molecule has 4 rings (SSSR count). The SMILES string of the molecule is Cc1ccc(Cn2cc(Cl)c(NC(=O)c3noc(C)c3COc3ccccc3Cl)n2)cc1. The van der Waals surface area contributed by atoms with Crippen LogP contribution in [0.1, 0.15) is 32.9 Å². The molecule has 0 saturated carbocycles. The van der Waals surface area contributed by atoms with Crippen LogP contribution in [0.15, 0.2) is 59.3 Å². The van der Waals surface area contributed by atoms with Gasteiger partial charge < -0.3 is 14.6 Å². The van der Waals surface area contributed by atoms with Gasteiger partial charge in [0.2, 0.25) is 0 Å². The van der Waals surface area contributed by atoms with E-state index in [-0.39, 0.29) is 18.1 Å². The smallest absolute Gasteiger partial charge is 0.279 e. The zero-order chi connectivity index (χ0) is 22.7. The highest BCUT2D eigenvalue weighted by atomic mass is 35.5. The van der Waals surface area contributed by atoms with Crippen LogP contribution in [0, 0.1) is 13.8 Å². The molecule has 164 valence electrons. The Morgan fingerprint density at radius 1 is 1.09 bits per heavy atom. The fourth-order valence-electron chi connectivity index (χ4n) is 3.06. The summed E-state index contributed by atoms with van der Waals surface area (Å²) < 4.78 is 12.6. The van der Waals surface area contributed by atoms with Gasteiger partial charge in [0.1, 0.15) is 23.1 Å². The molecule has 0 radical (unpaired) electrons. The molecular formula is C23H20Cl2N4O3. The van der Waals surface area contributed by atoms with E-state index in [0.717, 1.165) is 5.56 Å². The Hall–Kier alpha value is -3.29. The van der Waals surface area contributed by atoms with Crippen LogP contribution in [-0.4, -0.2) is 20.8 Å². The van der Waals surface area contributed by atoms with Gasteiger partial charge in [-0.25, -0.2) is 0 Å². The number of ether oxygens (including phenoxy) is 1. The Morgan fingerprint density at radius 2 is 1.84 bits per heavy atom. The van der Waals surface area contributed by atoms with Gasteiger partial charge in [-0.2, -0.15) is 5.10 Å². The molecule has 0 unspecified atom stereocenters. The molecule has 4 aromatic rings. The first kappa shape index (κ1) is 21.9. The number of benzene rings is 2. The summed E-state index contributed by atoms with van der Waals surface area (Å²) in [5.41, 5.74) is 2.85. The highest BCUT2D eigenvalue weighted by molar-refractivity contribution is 6.33. The molecule has 2 aromatic carbocycles. The third-order valence-corrected chi connectivity index (χ3v) is 5.41. The topological polar surface area (TPSA) is 82.2 Å². The highest BCUT2D eigenvalue weighted by Crippen LogP contribution is 2.26. The number of carbonyl (C=O) groups excluding carboxylic acids is 1. The summed E-state index contributed by atoms with van der Waals surface area (Å²) in [5.74, 6) is 0.710. The van der Waals surface area contributed by atoms with Crippen molar-refractivity contribution in [1.82, 2.24) is 14.9 Å². The number of hydrogen-bond donors (Lipinski definition) is 1. The molecule has 9 heteroatoms. The van der Waals surface area contributed by atoms with Crippen LogP contribution in [0.2, 0.25) is 10.0 Å². The standard InChI is InChI=1S/C23H20Cl2N4O3/c1-14-7-9-16(10-8-14)11-29-12-19(25)22(27-29)26-23(30)21-17(15(2)32-28-21)13-31-20-6-4-3-5-18(20)24/h3-10,12H,11,13H2,1-2H3,(H,26,27,30). The number of aryl methyl sites for hydroxylation is 2. The van der Waals surface area contributed by atoms with Gasteiger partial charge in [0.25, 0.3) is 5.91 Å². The third kappa shape index (κ3) is 4.95. The predicted molar refractivity (Wildman–Crippen MR) is 122 cm³/mol. The van der Waals surface area contributed by atoms with E-state index >= 15 is 0 Å². The van der Waals surface area contributed by atoms with Gasteiger partial charge in [0.05, 0.1) is 17.1 Å². The van der Waals surface area contributed by atoms with Gasteiger partial charge in [-0.1, -0.05) is 70.3 Å². The molecule has 1 N–H and O–H groups in total. The Bertz CT molecular complexity index is 1250. The zero-order valence-electron chi connectivity index (χ0n) is 17.4. The summed E-state index contributed by atoms with van der Waals surface area (Å²) in [5, 5.41) is 11.7. The summed E-state index contributed by atoms with van der Waals surface area (Å²) >= 11 is 12.4. The van der Waals surface area contributed by atoms with Gasteiger partial charge in [-0.3, -0.25) is 9.48 Å². The molecule has 32 heavy (non-hydrogen) atoms. The van der Waals surface area contributed by atoms with Crippen LogP contribution < -0.4 is 10.1 Å². The normalized spacial score (nSPS) is 10.9. The van der Waals surface area contributed by atoms with Gasteiger partial charge in [0.15, 0.2) is 11.5 Å².